The molecule has 0 aromatic heterocycles. The molecule has 78 valence electrons. The Morgan fingerprint density at radius 2 is 1.71 bits per heavy atom. The first-order valence-corrected chi connectivity index (χ1v) is 5.21. The summed E-state index contributed by atoms with van der Waals surface area (Å²) in [4.78, 5) is -1.22. The molecule has 1 aromatic rings. The maximum absolute atomic E-state index is 13.2. The van der Waals surface area contributed by atoms with E-state index in [4.69, 9.17) is 23.2 Å². The standard InChI is InChI=1S/C8H5BrCl2F2O/c9-6-4(13)2-1-3(12)5(6)7(14)8(10)11/h1-2,7-8,14H. The summed E-state index contributed by atoms with van der Waals surface area (Å²) in [5.74, 6) is -1.45. The maximum atomic E-state index is 13.2. The predicted octanol–water partition coefficient (Wildman–Crippen LogP) is 3.56. The molecular formula is C8H5BrCl2F2O. The van der Waals surface area contributed by atoms with Crippen molar-refractivity contribution in [3.63, 3.8) is 0 Å². The minimum absolute atomic E-state index is 0.170. The third-order valence-corrected chi connectivity index (χ3v) is 2.90. The Labute approximate surface area is 97.8 Å². The summed E-state index contributed by atoms with van der Waals surface area (Å²) in [5.41, 5.74) is -0.278. The molecule has 1 unspecified atom stereocenters. The van der Waals surface area contributed by atoms with Crippen LogP contribution in [0.2, 0.25) is 0 Å². The molecule has 0 aliphatic rings. The minimum atomic E-state index is -1.47. The van der Waals surface area contributed by atoms with Crippen LogP contribution in [0.25, 0.3) is 0 Å². The van der Waals surface area contributed by atoms with Crippen molar-refractivity contribution < 1.29 is 13.9 Å². The number of rotatable bonds is 2. The monoisotopic (exact) mass is 304 g/mol. The van der Waals surface area contributed by atoms with Crippen LogP contribution in [0.5, 0.6) is 0 Å². The molecule has 14 heavy (non-hydrogen) atoms. The molecule has 1 aromatic carbocycles. The average molecular weight is 306 g/mol. The van der Waals surface area contributed by atoms with Gasteiger partial charge in [0.1, 0.15) is 22.6 Å². The van der Waals surface area contributed by atoms with E-state index in [1.165, 1.54) is 0 Å². The molecule has 0 aliphatic heterocycles. The maximum Gasteiger partial charge on any atom is 0.137 e. The SMILES string of the molecule is OC(c1c(F)ccc(F)c1Br)C(Cl)Cl. The van der Waals surface area contributed by atoms with E-state index in [2.05, 4.69) is 15.9 Å². The molecular weight excluding hydrogens is 301 g/mol. The second-order valence-electron chi connectivity index (χ2n) is 2.54. The third kappa shape index (κ3) is 2.37. The summed E-state index contributed by atoms with van der Waals surface area (Å²) in [6.45, 7) is 0. The first-order chi connectivity index (χ1) is 6.45. The van der Waals surface area contributed by atoms with Crippen molar-refractivity contribution in [1.82, 2.24) is 0 Å². The Morgan fingerprint density at radius 1 is 1.21 bits per heavy atom. The fourth-order valence-electron chi connectivity index (χ4n) is 0.940. The highest BCUT2D eigenvalue weighted by Gasteiger charge is 2.24. The lowest BCUT2D eigenvalue weighted by Crippen LogP contribution is -2.10. The van der Waals surface area contributed by atoms with Gasteiger partial charge < -0.3 is 5.11 Å². The lowest BCUT2D eigenvalue weighted by Gasteiger charge is -2.14. The van der Waals surface area contributed by atoms with Crippen LogP contribution in [0, 0.1) is 11.6 Å². The summed E-state index contributed by atoms with van der Waals surface area (Å²) >= 11 is 13.5. The molecule has 0 aliphatic carbocycles. The molecule has 0 bridgehead atoms. The summed E-state index contributed by atoms with van der Waals surface area (Å²) in [7, 11) is 0. The lowest BCUT2D eigenvalue weighted by atomic mass is 10.1. The van der Waals surface area contributed by atoms with Crippen molar-refractivity contribution in [2.45, 2.75) is 10.9 Å². The second-order valence-corrected chi connectivity index (χ2v) is 4.49. The van der Waals surface area contributed by atoms with E-state index >= 15 is 0 Å². The highest BCUT2D eigenvalue weighted by Crippen LogP contribution is 2.33. The van der Waals surface area contributed by atoms with Gasteiger partial charge in [0.25, 0.3) is 0 Å². The van der Waals surface area contributed by atoms with E-state index in [-0.39, 0.29) is 10.0 Å². The van der Waals surface area contributed by atoms with Crippen LogP contribution in [0.3, 0.4) is 0 Å². The zero-order chi connectivity index (χ0) is 10.9. The van der Waals surface area contributed by atoms with Gasteiger partial charge in [-0.25, -0.2) is 8.78 Å². The zero-order valence-electron chi connectivity index (χ0n) is 6.65. The molecule has 1 atom stereocenters. The van der Waals surface area contributed by atoms with Crippen LogP contribution in [-0.4, -0.2) is 9.94 Å². The molecule has 0 amide bonds. The molecule has 1 rings (SSSR count). The number of aliphatic hydroxyl groups is 1. The van der Waals surface area contributed by atoms with Crippen LogP contribution < -0.4 is 0 Å². The fourth-order valence-corrected chi connectivity index (χ4v) is 1.75. The van der Waals surface area contributed by atoms with Crippen LogP contribution in [-0.2, 0) is 0 Å². The minimum Gasteiger partial charge on any atom is -0.385 e. The summed E-state index contributed by atoms with van der Waals surface area (Å²) in [6, 6.07) is 1.84. The zero-order valence-corrected chi connectivity index (χ0v) is 9.74. The highest BCUT2D eigenvalue weighted by molar-refractivity contribution is 9.10. The molecule has 0 saturated heterocycles. The molecule has 0 heterocycles. The van der Waals surface area contributed by atoms with Gasteiger partial charge in [0.15, 0.2) is 0 Å². The highest BCUT2D eigenvalue weighted by atomic mass is 79.9. The van der Waals surface area contributed by atoms with Gasteiger partial charge in [-0.05, 0) is 28.1 Å². The van der Waals surface area contributed by atoms with Crippen molar-refractivity contribution in [3.05, 3.63) is 33.8 Å². The number of halogens is 5. The van der Waals surface area contributed by atoms with E-state index < -0.39 is 22.6 Å². The van der Waals surface area contributed by atoms with Gasteiger partial charge in [-0.3, -0.25) is 0 Å². The molecule has 6 heteroatoms. The Hall–Kier alpha value is 0.1000. The van der Waals surface area contributed by atoms with E-state index in [9.17, 15) is 13.9 Å². The van der Waals surface area contributed by atoms with Crippen LogP contribution in [0.15, 0.2) is 16.6 Å². The first-order valence-electron chi connectivity index (χ1n) is 3.54. The molecule has 1 N–H and O–H groups in total. The van der Waals surface area contributed by atoms with Crippen LogP contribution in [0.1, 0.15) is 11.7 Å². The summed E-state index contributed by atoms with van der Waals surface area (Å²) in [5, 5.41) is 9.38. The molecule has 1 nitrogen and oxygen atoms in total. The van der Waals surface area contributed by atoms with E-state index in [0.717, 1.165) is 12.1 Å². The molecule has 0 radical (unpaired) electrons. The summed E-state index contributed by atoms with van der Waals surface area (Å²) in [6.07, 6.45) is -1.47. The second kappa shape index (κ2) is 4.75. The van der Waals surface area contributed by atoms with Crippen LogP contribution >= 0.6 is 39.1 Å². The Kier molecular flexibility index (Phi) is 4.13. The van der Waals surface area contributed by atoms with Gasteiger partial charge in [0.2, 0.25) is 0 Å². The van der Waals surface area contributed by atoms with Gasteiger partial charge in [-0.15, -0.1) is 23.2 Å². The largest absolute Gasteiger partial charge is 0.385 e. The van der Waals surface area contributed by atoms with Gasteiger partial charge in [-0.1, -0.05) is 0 Å². The Balaban J connectivity index is 3.25. The third-order valence-electron chi connectivity index (χ3n) is 1.61. The number of alkyl halides is 2. The van der Waals surface area contributed by atoms with E-state index in [0.29, 0.717) is 0 Å². The lowest BCUT2D eigenvalue weighted by molar-refractivity contribution is 0.186. The Morgan fingerprint density at radius 3 is 2.21 bits per heavy atom. The van der Waals surface area contributed by atoms with Crippen molar-refractivity contribution >= 4 is 39.1 Å². The number of hydrogen-bond donors (Lipinski definition) is 1. The van der Waals surface area contributed by atoms with Crippen molar-refractivity contribution in [2.24, 2.45) is 0 Å². The van der Waals surface area contributed by atoms with Crippen LogP contribution in [0.4, 0.5) is 8.78 Å². The van der Waals surface area contributed by atoms with Gasteiger partial charge in [-0.2, -0.15) is 0 Å². The normalized spacial score (nSPS) is 13.4. The van der Waals surface area contributed by atoms with E-state index in [1.54, 1.807) is 0 Å². The number of aliphatic hydroxyl groups excluding tert-OH is 1. The average Bonchev–Trinajstić information content (AvgIpc) is 2.12. The van der Waals surface area contributed by atoms with Gasteiger partial charge in [0, 0.05) is 5.56 Å². The molecule has 0 fully saturated rings. The smallest absolute Gasteiger partial charge is 0.137 e. The van der Waals surface area contributed by atoms with E-state index in [1.807, 2.05) is 0 Å². The quantitative estimate of drug-likeness (QED) is 0.654. The fraction of sp³-hybridized carbons (Fsp3) is 0.250. The first kappa shape index (κ1) is 12.2. The van der Waals surface area contributed by atoms with Gasteiger partial charge in [0.05, 0.1) is 4.47 Å². The Bertz CT molecular complexity index is 346. The predicted molar refractivity (Wildman–Crippen MR) is 54.5 cm³/mol. The summed E-state index contributed by atoms with van der Waals surface area (Å²) < 4.78 is 26.0. The number of benzene rings is 1. The molecule has 0 saturated carbocycles. The topological polar surface area (TPSA) is 20.2 Å². The van der Waals surface area contributed by atoms with Crippen molar-refractivity contribution in [2.75, 3.05) is 0 Å². The molecule has 0 spiro atoms. The number of hydrogen-bond acceptors (Lipinski definition) is 1. The van der Waals surface area contributed by atoms with Gasteiger partial charge >= 0.3 is 0 Å². The van der Waals surface area contributed by atoms with Crippen molar-refractivity contribution in [1.29, 1.82) is 0 Å². The van der Waals surface area contributed by atoms with Crippen molar-refractivity contribution in [3.8, 4) is 0 Å².